The first kappa shape index (κ1) is 15.8. The predicted molar refractivity (Wildman–Crippen MR) is 82.6 cm³/mol. The highest BCUT2D eigenvalue weighted by atomic mass is 79.9. The molecule has 1 saturated heterocycles. The Bertz CT molecular complexity index is 593. The third-order valence-electron chi connectivity index (χ3n) is 3.81. The molecule has 0 aromatic heterocycles. The van der Waals surface area contributed by atoms with E-state index in [9.17, 15) is 8.42 Å². The number of aryl methyl sites for hydroxylation is 1. The van der Waals surface area contributed by atoms with Crippen molar-refractivity contribution in [1.82, 2.24) is 4.31 Å². The third kappa shape index (κ3) is 3.02. The van der Waals surface area contributed by atoms with Crippen LogP contribution < -0.4 is 4.74 Å². The number of benzene rings is 1. The molecule has 4 nitrogen and oxygen atoms in total. The highest BCUT2D eigenvalue weighted by molar-refractivity contribution is 9.10. The lowest BCUT2D eigenvalue weighted by Gasteiger charge is -2.30. The minimum absolute atomic E-state index is 0.243. The van der Waals surface area contributed by atoms with E-state index in [-0.39, 0.29) is 4.90 Å². The minimum atomic E-state index is -3.49. The van der Waals surface area contributed by atoms with Crippen LogP contribution in [0.2, 0.25) is 0 Å². The number of hydrogen-bond acceptors (Lipinski definition) is 3. The normalized spacial score (nSPS) is 18.2. The van der Waals surface area contributed by atoms with Crippen LogP contribution in [-0.2, 0) is 10.0 Å². The van der Waals surface area contributed by atoms with Crippen molar-refractivity contribution in [2.24, 2.45) is 5.92 Å². The molecule has 1 aliphatic rings. The number of methoxy groups -OCH3 is 1. The van der Waals surface area contributed by atoms with Gasteiger partial charge in [0.1, 0.15) is 10.6 Å². The van der Waals surface area contributed by atoms with E-state index in [4.69, 9.17) is 4.74 Å². The van der Waals surface area contributed by atoms with Gasteiger partial charge in [0, 0.05) is 17.6 Å². The van der Waals surface area contributed by atoms with E-state index < -0.39 is 10.0 Å². The van der Waals surface area contributed by atoms with Crippen molar-refractivity contribution in [2.75, 3.05) is 20.2 Å². The molecule has 20 heavy (non-hydrogen) atoms. The summed E-state index contributed by atoms with van der Waals surface area (Å²) in [7, 11) is -1.99. The summed E-state index contributed by atoms with van der Waals surface area (Å²) in [5, 5.41) is 0. The Morgan fingerprint density at radius 1 is 1.30 bits per heavy atom. The zero-order valence-corrected chi connectivity index (χ0v) is 14.4. The molecule has 0 N–H and O–H groups in total. The van der Waals surface area contributed by atoms with Gasteiger partial charge < -0.3 is 4.74 Å². The van der Waals surface area contributed by atoms with E-state index in [1.807, 2.05) is 6.92 Å². The van der Waals surface area contributed by atoms with Crippen LogP contribution in [0, 0.1) is 12.8 Å². The molecule has 0 aliphatic carbocycles. The molecule has 2 rings (SSSR count). The summed E-state index contributed by atoms with van der Waals surface area (Å²) >= 11 is 3.40. The van der Waals surface area contributed by atoms with Gasteiger partial charge in [-0.15, -0.1) is 0 Å². The molecule has 0 amide bonds. The first-order valence-corrected chi connectivity index (χ1v) is 8.94. The number of sulfonamides is 1. The van der Waals surface area contributed by atoms with Gasteiger partial charge in [0.15, 0.2) is 0 Å². The fourth-order valence-electron chi connectivity index (χ4n) is 2.36. The van der Waals surface area contributed by atoms with E-state index >= 15 is 0 Å². The van der Waals surface area contributed by atoms with E-state index in [1.165, 1.54) is 7.11 Å². The summed E-state index contributed by atoms with van der Waals surface area (Å²) in [5.74, 6) is 0.998. The zero-order chi connectivity index (χ0) is 14.9. The van der Waals surface area contributed by atoms with Crippen LogP contribution in [0.4, 0.5) is 0 Å². The quantitative estimate of drug-likeness (QED) is 0.830. The van der Waals surface area contributed by atoms with Crippen LogP contribution in [0.5, 0.6) is 5.75 Å². The minimum Gasteiger partial charge on any atom is -0.495 e. The highest BCUT2D eigenvalue weighted by Crippen LogP contribution is 2.33. The average Bonchev–Trinajstić information content (AvgIpc) is 2.41. The molecule has 1 fully saturated rings. The van der Waals surface area contributed by atoms with Crippen LogP contribution in [0.1, 0.15) is 25.3 Å². The van der Waals surface area contributed by atoms with Crippen molar-refractivity contribution in [2.45, 2.75) is 31.6 Å². The summed E-state index contributed by atoms with van der Waals surface area (Å²) in [6.45, 7) is 5.23. The molecule has 1 aromatic carbocycles. The lowest BCUT2D eigenvalue weighted by atomic mass is 10.0. The summed E-state index contributed by atoms with van der Waals surface area (Å²) in [6.07, 6.45) is 1.82. The van der Waals surface area contributed by atoms with Crippen molar-refractivity contribution in [1.29, 1.82) is 0 Å². The van der Waals surface area contributed by atoms with Crippen LogP contribution in [0.25, 0.3) is 0 Å². The largest absolute Gasteiger partial charge is 0.495 e. The molecular weight excluding hydrogens is 342 g/mol. The summed E-state index contributed by atoms with van der Waals surface area (Å²) in [4.78, 5) is 0.243. The van der Waals surface area contributed by atoms with E-state index in [0.29, 0.717) is 24.8 Å². The van der Waals surface area contributed by atoms with Crippen molar-refractivity contribution >= 4 is 26.0 Å². The first-order chi connectivity index (χ1) is 9.36. The van der Waals surface area contributed by atoms with Crippen LogP contribution >= 0.6 is 15.9 Å². The van der Waals surface area contributed by atoms with Gasteiger partial charge in [0.25, 0.3) is 0 Å². The second kappa shape index (κ2) is 6.03. The standard InChI is InChI=1S/C14H20BrNO3S/c1-10-4-6-16(7-5-10)20(17,18)14-9-12(15)11(2)8-13(14)19-3/h8-10H,4-7H2,1-3H3. The molecule has 0 radical (unpaired) electrons. The van der Waals surface area contributed by atoms with E-state index in [1.54, 1.807) is 16.4 Å². The fourth-order valence-corrected chi connectivity index (χ4v) is 4.49. The number of nitrogens with zero attached hydrogens (tertiary/aromatic N) is 1. The summed E-state index contributed by atoms with van der Waals surface area (Å²) < 4.78 is 33.1. The first-order valence-electron chi connectivity index (χ1n) is 6.70. The molecular formula is C14H20BrNO3S. The van der Waals surface area contributed by atoms with E-state index in [2.05, 4.69) is 22.9 Å². The monoisotopic (exact) mass is 361 g/mol. The smallest absolute Gasteiger partial charge is 0.246 e. The van der Waals surface area contributed by atoms with Crippen LogP contribution in [0.3, 0.4) is 0 Å². The van der Waals surface area contributed by atoms with Crippen molar-refractivity contribution in [3.8, 4) is 5.75 Å². The molecule has 1 aliphatic heterocycles. The Morgan fingerprint density at radius 2 is 1.90 bits per heavy atom. The van der Waals surface area contributed by atoms with Crippen LogP contribution in [0.15, 0.2) is 21.5 Å². The Morgan fingerprint density at radius 3 is 2.45 bits per heavy atom. The van der Waals surface area contributed by atoms with Gasteiger partial charge in [-0.25, -0.2) is 8.42 Å². The molecule has 1 aromatic rings. The third-order valence-corrected chi connectivity index (χ3v) is 6.58. The van der Waals surface area contributed by atoms with Gasteiger partial charge in [0.2, 0.25) is 10.0 Å². The SMILES string of the molecule is COc1cc(C)c(Br)cc1S(=O)(=O)N1CCC(C)CC1. The maximum atomic E-state index is 12.8. The Balaban J connectivity index is 2.41. The van der Waals surface area contributed by atoms with Crippen molar-refractivity contribution in [3.63, 3.8) is 0 Å². The molecule has 0 spiro atoms. The van der Waals surface area contributed by atoms with Gasteiger partial charge >= 0.3 is 0 Å². The lowest BCUT2D eigenvalue weighted by molar-refractivity contribution is 0.287. The molecule has 112 valence electrons. The van der Waals surface area contributed by atoms with Gasteiger partial charge in [0.05, 0.1) is 7.11 Å². The molecule has 6 heteroatoms. The number of ether oxygens (including phenoxy) is 1. The number of hydrogen-bond donors (Lipinski definition) is 0. The second-order valence-electron chi connectivity index (χ2n) is 5.34. The molecule has 1 heterocycles. The van der Waals surface area contributed by atoms with Gasteiger partial charge in [-0.3, -0.25) is 0 Å². The van der Waals surface area contributed by atoms with Crippen molar-refractivity contribution < 1.29 is 13.2 Å². The van der Waals surface area contributed by atoms with Gasteiger partial charge in [-0.1, -0.05) is 22.9 Å². The average molecular weight is 362 g/mol. The molecule has 0 unspecified atom stereocenters. The molecule has 0 saturated carbocycles. The van der Waals surface area contributed by atoms with Crippen molar-refractivity contribution in [3.05, 3.63) is 22.2 Å². The van der Waals surface area contributed by atoms with Crippen LogP contribution in [-0.4, -0.2) is 32.9 Å². The summed E-state index contributed by atoms with van der Waals surface area (Å²) in [6, 6.07) is 3.39. The highest BCUT2D eigenvalue weighted by Gasteiger charge is 2.30. The Kier molecular flexibility index (Phi) is 4.76. The maximum Gasteiger partial charge on any atom is 0.246 e. The fraction of sp³-hybridized carbons (Fsp3) is 0.571. The van der Waals surface area contributed by atoms with Gasteiger partial charge in [-0.2, -0.15) is 4.31 Å². The number of halogens is 1. The Hall–Kier alpha value is -0.590. The summed E-state index contributed by atoms with van der Waals surface area (Å²) in [5.41, 5.74) is 0.952. The van der Waals surface area contributed by atoms with Gasteiger partial charge in [-0.05, 0) is 43.4 Å². The predicted octanol–water partition coefficient (Wildman–Crippen LogP) is 3.19. The topological polar surface area (TPSA) is 46.6 Å². The number of rotatable bonds is 3. The second-order valence-corrected chi connectivity index (χ2v) is 8.10. The molecule has 0 bridgehead atoms. The Labute approximate surface area is 129 Å². The zero-order valence-electron chi connectivity index (χ0n) is 12.0. The van der Waals surface area contributed by atoms with E-state index in [0.717, 1.165) is 22.9 Å². The molecule has 0 atom stereocenters. The number of piperidine rings is 1. The maximum absolute atomic E-state index is 12.8. The lowest BCUT2D eigenvalue weighted by Crippen LogP contribution is -2.38.